The smallest absolute Gasteiger partial charge is 0.231 e. The van der Waals surface area contributed by atoms with Crippen molar-refractivity contribution in [1.29, 1.82) is 0 Å². The van der Waals surface area contributed by atoms with E-state index in [1.165, 1.54) is 11.3 Å². The van der Waals surface area contributed by atoms with Crippen LogP contribution in [-0.4, -0.2) is 30.1 Å². The Balaban J connectivity index is 1.94. The lowest BCUT2D eigenvalue weighted by Crippen LogP contribution is -2.29. The molecule has 3 unspecified atom stereocenters. The first kappa shape index (κ1) is 15.4. The Morgan fingerprint density at radius 3 is 3.10 bits per heavy atom. The number of ether oxygens (including phenoxy) is 1. The van der Waals surface area contributed by atoms with Crippen molar-refractivity contribution in [2.24, 2.45) is 5.92 Å². The first-order valence-corrected chi connectivity index (χ1v) is 8.14. The number of hydrogen-bond acceptors (Lipinski definition) is 5. The first-order valence-electron chi connectivity index (χ1n) is 7.27. The average molecular weight is 297 g/mol. The zero-order valence-corrected chi connectivity index (χ0v) is 13.1. The first-order chi connectivity index (χ1) is 9.65. The van der Waals surface area contributed by atoms with Gasteiger partial charge in [-0.15, -0.1) is 11.3 Å². The van der Waals surface area contributed by atoms with E-state index in [2.05, 4.69) is 36.4 Å². The maximum absolute atomic E-state index is 12.2. The van der Waals surface area contributed by atoms with Crippen LogP contribution < -0.4 is 10.6 Å². The number of carbonyl (C=O) groups is 1. The molecule has 1 aromatic heterocycles. The van der Waals surface area contributed by atoms with E-state index in [0.29, 0.717) is 11.7 Å². The molecule has 5 nitrogen and oxygen atoms in total. The van der Waals surface area contributed by atoms with Gasteiger partial charge in [-0.25, -0.2) is 4.98 Å². The van der Waals surface area contributed by atoms with Crippen molar-refractivity contribution in [2.75, 3.05) is 18.5 Å². The molecule has 0 radical (unpaired) electrons. The largest absolute Gasteiger partial charge is 0.377 e. The number of amides is 1. The van der Waals surface area contributed by atoms with E-state index < -0.39 is 0 Å². The Kier molecular flexibility index (Phi) is 5.51. The van der Waals surface area contributed by atoms with Gasteiger partial charge in [0.1, 0.15) is 0 Å². The summed E-state index contributed by atoms with van der Waals surface area (Å²) in [6, 6.07) is 0.208. The van der Waals surface area contributed by atoms with Gasteiger partial charge in [0.2, 0.25) is 5.91 Å². The molecule has 0 aliphatic carbocycles. The second-order valence-electron chi connectivity index (χ2n) is 5.06. The molecule has 3 atom stereocenters. The summed E-state index contributed by atoms with van der Waals surface area (Å²) in [4.78, 5) is 16.7. The van der Waals surface area contributed by atoms with Crippen LogP contribution >= 0.6 is 11.3 Å². The van der Waals surface area contributed by atoms with Crippen molar-refractivity contribution in [3.8, 4) is 0 Å². The summed E-state index contributed by atoms with van der Waals surface area (Å²) in [7, 11) is 0. The normalized spacial score (nSPS) is 23.8. The molecule has 1 amide bonds. The van der Waals surface area contributed by atoms with Gasteiger partial charge in [0.05, 0.1) is 17.7 Å². The highest BCUT2D eigenvalue weighted by Gasteiger charge is 2.33. The molecule has 2 rings (SSSR count). The highest BCUT2D eigenvalue weighted by Crippen LogP contribution is 2.26. The summed E-state index contributed by atoms with van der Waals surface area (Å²) in [5.74, 6) is -0.00936. The number of thiazole rings is 1. The van der Waals surface area contributed by atoms with Gasteiger partial charge in [0.15, 0.2) is 5.13 Å². The van der Waals surface area contributed by atoms with Crippen LogP contribution in [0.1, 0.15) is 45.3 Å². The number of hydrogen-bond donors (Lipinski definition) is 2. The van der Waals surface area contributed by atoms with Gasteiger partial charge in [-0.05, 0) is 26.3 Å². The van der Waals surface area contributed by atoms with Gasteiger partial charge in [0, 0.05) is 18.0 Å². The molecule has 1 aliphatic rings. The molecule has 2 heterocycles. The van der Waals surface area contributed by atoms with Gasteiger partial charge in [-0.3, -0.25) is 4.79 Å². The zero-order valence-electron chi connectivity index (χ0n) is 12.3. The van der Waals surface area contributed by atoms with Gasteiger partial charge in [-0.1, -0.05) is 13.8 Å². The average Bonchev–Trinajstić information content (AvgIpc) is 3.07. The molecule has 1 saturated heterocycles. The van der Waals surface area contributed by atoms with E-state index in [9.17, 15) is 4.79 Å². The number of carbonyl (C=O) groups excluding carboxylic acids is 1. The van der Waals surface area contributed by atoms with Crippen molar-refractivity contribution in [2.45, 2.75) is 45.8 Å². The van der Waals surface area contributed by atoms with Gasteiger partial charge in [-0.2, -0.15) is 0 Å². The van der Waals surface area contributed by atoms with Crippen LogP contribution in [-0.2, 0) is 9.53 Å². The van der Waals surface area contributed by atoms with Crippen LogP contribution in [0.3, 0.4) is 0 Å². The lowest BCUT2D eigenvalue weighted by Gasteiger charge is -2.15. The highest BCUT2D eigenvalue weighted by molar-refractivity contribution is 7.13. The minimum atomic E-state index is -0.0430. The molecular formula is C14H23N3O2S. The SMILES string of the molecule is CCNC(C)c1csc(NC(=O)C2CCOC2CC)n1. The molecule has 0 spiro atoms. The van der Waals surface area contributed by atoms with Gasteiger partial charge < -0.3 is 15.4 Å². The number of nitrogens with zero attached hydrogens (tertiary/aromatic N) is 1. The molecule has 1 aliphatic heterocycles. The molecule has 0 aromatic carbocycles. The van der Waals surface area contributed by atoms with Crippen molar-refractivity contribution in [3.63, 3.8) is 0 Å². The Hall–Kier alpha value is -0.980. The van der Waals surface area contributed by atoms with Gasteiger partial charge >= 0.3 is 0 Å². The molecule has 0 saturated carbocycles. The molecule has 0 bridgehead atoms. The van der Waals surface area contributed by atoms with E-state index >= 15 is 0 Å². The predicted octanol–water partition coefficient (Wildman–Crippen LogP) is 2.57. The summed E-state index contributed by atoms with van der Waals surface area (Å²) in [6.45, 7) is 7.77. The molecular weight excluding hydrogens is 274 g/mol. The van der Waals surface area contributed by atoms with Crippen LogP contribution in [0.25, 0.3) is 0 Å². The molecule has 2 N–H and O–H groups in total. The van der Waals surface area contributed by atoms with E-state index in [1.54, 1.807) is 0 Å². The van der Waals surface area contributed by atoms with Gasteiger partial charge in [0.25, 0.3) is 0 Å². The van der Waals surface area contributed by atoms with Crippen molar-refractivity contribution in [3.05, 3.63) is 11.1 Å². The topological polar surface area (TPSA) is 63.2 Å². The monoisotopic (exact) mass is 297 g/mol. The Labute approximate surface area is 124 Å². The Bertz CT molecular complexity index is 449. The number of nitrogens with one attached hydrogen (secondary N) is 2. The van der Waals surface area contributed by atoms with E-state index in [-0.39, 0.29) is 24.0 Å². The Morgan fingerprint density at radius 2 is 2.40 bits per heavy atom. The summed E-state index contributed by atoms with van der Waals surface area (Å²) in [5.41, 5.74) is 0.974. The van der Waals surface area contributed by atoms with E-state index in [0.717, 1.165) is 25.1 Å². The van der Waals surface area contributed by atoms with Crippen LogP contribution in [0.15, 0.2) is 5.38 Å². The molecule has 1 aromatic rings. The van der Waals surface area contributed by atoms with E-state index in [1.807, 2.05) is 5.38 Å². The van der Waals surface area contributed by atoms with Crippen molar-refractivity contribution >= 4 is 22.4 Å². The Morgan fingerprint density at radius 1 is 1.60 bits per heavy atom. The standard InChI is InChI=1S/C14H23N3O2S/c1-4-12-10(6-7-19-12)13(18)17-14-16-11(8-20-14)9(3)15-5-2/h8-10,12,15H,4-7H2,1-3H3,(H,16,17,18). The van der Waals surface area contributed by atoms with Crippen molar-refractivity contribution < 1.29 is 9.53 Å². The van der Waals surface area contributed by atoms with Crippen molar-refractivity contribution in [1.82, 2.24) is 10.3 Å². The summed E-state index contributed by atoms with van der Waals surface area (Å²) in [5, 5.41) is 8.91. The lowest BCUT2D eigenvalue weighted by molar-refractivity contribution is -0.121. The second kappa shape index (κ2) is 7.15. The molecule has 6 heteroatoms. The maximum Gasteiger partial charge on any atom is 0.231 e. The van der Waals surface area contributed by atoms with E-state index in [4.69, 9.17) is 4.74 Å². The van der Waals surface area contributed by atoms with Crippen LogP contribution in [0, 0.1) is 5.92 Å². The maximum atomic E-state index is 12.2. The molecule has 20 heavy (non-hydrogen) atoms. The van der Waals surface area contributed by atoms with Crippen LogP contribution in [0.4, 0.5) is 5.13 Å². The number of aromatic nitrogens is 1. The molecule has 112 valence electrons. The third kappa shape index (κ3) is 3.56. The number of anilines is 1. The third-order valence-electron chi connectivity index (χ3n) is 3.65. The van der Waals surface area contributed by atoms with Crippen LogP contribution in [0.5, 0.6) is 0 Å². The quantitative estimate of drug-likeness (QED) is 0.847. The fourth-order valence-electron chi connectivity index (χ4n) is 2.50. The fourth-order valence-corrected chi connectivity index (χ4v) is 3.31. The summed E-state index contributed by atoms with van der Waals surface area (Å²) >= 11 is 1.48. The third-order valence-corrected chi connectivity index (χ3v) is 4.43. The minimum absolute atomic E-state index is 0.0337. The highest BCUT2D eigenvalue weighted by atomic mass is 32.1. The zero-order chi connectivity index (χ0) is 14.5. The fraction of sp³-hybridized carbons (Fsp3) is 0.714. The second-order valence-corrected chi connectivity index (χ2v) is 5.92. The number of rotatable bonds is 6. The minimum Gasteiger partial charge on any atom is -0.377 e. The summed E-state index contributed by atoms with van der Waals surface area (Å²) < 4.78 is 5.56. The summed E-state index contributed by atoms with van der Waals surface area (Å²) in [6.07, 6.45) is 1.73. The molecule has 1 fully saturated rings. The van der Waals surface area contributed by atoms with Crippen LogP contribution in [0.2, 0.25) is 0 Å². The lowest BCUT2D eigenvalue weighted by atomic mass is 9.99. The predicted molar refractivity (Wildman–Crippen MR) is 81.0 cm³/mol.